The first-order valence-electron chi connectivity index (χ1n) is 5.63. The molecule has 1 aromatic rings. The third-order valence-corrected chi connectivity index (χ3v) is 2.33. The predicted octanol–water partition coefficient (Wildman–Crippen LogP) is 2.71. The SMILES string of the molecule is C=C(C)C(=O)OCCCc1ccccc1N=C=O. The molecule has 1 rings (SSSR count). The van der Waals surface area contributed by atoms with Crippen molar-refractivity contribution in [2.45, 2.75) is 19.8 Å². The molecule has 0 heterocycles. The summed E-state index contributed by atoms with van der Waals surface area (Å²) in [6, 6.07) is 7.32. The third-order valence-electron chi connectivity index (χ3n) is 2.33. The van der Waals surface area contributed by atoms with Crippen molar-refractivity contribution in [2.24, 2.45) is 4.99 Å². The van der Waals surface area contributed by atoms with Crippen molar-refractivity contribution in [1.82, 2.24) is 0 Å². The Hall–Kier alpha value is -2.19. The molecule has 4 nitrogen and oxygen atoms in total. The van der Waals surface area contributed by atoms with Crippen LogP contribution < -0.4 is 0 Å². The van der Waals surface area contributed by atoms with Crippen LogP contribution in [0, 0.1) is 0 Å². The molecule has 0 bridgehead atoms. The number of carbonyl (C=O) groups excluding carboxylic acids is 2. The van der Waals surface area contributed by atoms with Crippen LogP contribution in [0.15, 0.2) is 41.4 Å². The Morgan fingerprint density at radius 2 is 2.17 bits per heavy atom. The average molecular weight is 245 g/mol. The van der Waals surface area contributed by atoms with Gasteiger partial charge in [-0.15, -0.1) is 0 Å². The molecule has 18 heavy (non-hydrogen) atoms. The summed E-state index contributed by atoms with van der Waals surface area (Å²) in [6.07, 6.45) is 2.88. The first kappa shape index (κ1) is 13.9. The first-order valence-corrected chi connectivity index (χ1v) is 5.63. The minimum atomic E-state index is -0.380. The first-order chi connectivity index (χ1) is 8.65. The number of aryl methyl sites for hydroxylation is 1. The fourth-order valence-electron chi connectivity index (χ4n) is 1.43. The number of hydrogen-bond acceptors (Lipinski definition) is 4. The van der Waals surface area contributed by atoms with E-state index in [1.165, 1.54) is 6.08 Å². The molecule has 0 aliphatic rings. The quantitative estimate of drug-likeness (QED) is 0.254. The summed E-state index contributed by atoms with van der Waals surface area (Å²) < 4.78 is 4.98. The summed E-state index contributed by atoms with van der Waals surface area (Å²) in [4.78, 5) is 25.0. The molecule has 1 aromatic carbocycles. The van der Waals surface area contributed by atoms with Crippen LogP contribution in [0.5, 0.6) is 0 Å². The highest BCUT2D eigenvalue weighted by Gasteiger charge is 2.04. The second-order valence-corrected chi connectivity index (χ2v) is 3.85. The second-order valence-electron chi connectivity index (χ2n) is 3.85. The van der Waals surface area contributed by atoms with Crippen molar-refractivity contribution in [3.63, 3.8) is 0 Å². The largest absolute Gasteiger partial charge is 0.462 e. The van der Waals surface area contributed by atoms with Gasteiger partial charge in [-0.25, -0.2) is 9.59 Å². The van der Waals surface area contributed by atoms with E-state index in [0.717, 1.165) is 5.56 Å². The van der Waals surface area contributed by atoms with Crippen LogP contribution in [0.1, 0.15) is 18.9 Å². The van der Waals surface area contributed by atoms with E-state index in [2.05, 4.69) is 11.6 Å². The predicted molar refractivity (Wildman–Crippen MR) is 68.3 cm³/mol. The van der Waals surface area contributed by atoms with Crippen LogP contribution in [0.3, 0.4) is 0 Å². The normalized spacial score (nSPS) is 9.39. The highest BCUT2D eigenvalue weighted by atomic mass is 16.5. The van der Waals surface area contributed by atoms with Gasteiger partial charge >= 0.3 is 5.97 Å². The van der Waals surface area contributed by atoms with Crippen molar-refractivity contribution in [2.75, 3.05) is 6.61 Å². The molecule has 4 heteroatoms. The minimum absolute atomic E-state index is 0.324. The van der Waals surface area contributed by atoms with Crippen molar-refractivity contribution in [1.29, 1.82) is 0 Å². The number of hydrogen-bond donors (Lipinski definition) is 0. The maximum atomic E-state index is 11.1. The van der Waals surface area contributed by atoms with Gasteiger partial charge in [0, 0.05) is 5.57 Å². The molecular weight excluding hydrogens is 230 g/mol. The number of nitrogens with zero attached hydrogens (tertiary/aromatic N) is 1. The fourth-order valence-corrected chi connectivity index (χ4v) is 1.43. The Kier molecular flexibility index (Phi) is 5.55. The summed E-state index contributed by atoms with van der Waals surface area (Å²) in [5, 5.41) is 0. The van der Waals surface area contributed by atoms with Gasteiger partial charge in [0.1, 0.15) is 0 Å². The molecule has 94 valence electrons. The fraction of sp³-hybridized carbons (Fsp3) is 0.286. The molecule has 0 aliphatic carbocycles. The zero-order valence-corrected chi connectivity index (χ0v) is 10.3. The topological polar surface area (TPSA) is 55.7 Å². The van der Waals surface area contributed by atoms with Crippen LogP contribution in [0.2, 0.25) is 0 Å². The van der Waals surface area contributed by atoms with Gasteiger partial charge < -0.3 is 4.74 Å². The molecule has 0 aromatic heterocycles. The highest BCUT2D eigenvalue weighted by molar-refractivity contribution is 5.86. The average Bonchev–Trinajstić information content (AvgIpc) is 2.36. The van der Waals surface area contributed by atoms with Gasteiger partial charge in [-0.05, 0) is 31.4 Å². The molecule has 0 N–H and O–H groups in total. The van der Waals surface area contributed by atoms with Crippen molar-refractivity contribution < 1.29 is 14.3 Å². The molecule has 0 radical (unpaired) electrons. The van der Waals surface area contributed by atoms with E-state index in [0.29, 0.717) is 30.7 Å². The molecule has 0 saturated carbocycles. The summed E-state index contributed by atoms with van der Waals surface area (Å²) >= 11 is 0. The lowest BCUT2D eigenvalue weighted by Gasteiger charge is -2.05. The second kappa shape index (κ2) is 7.20. The van der Waals surface area contributed by atoms with Gasteiger partial charge in [-0.3, -0.25) is 0 Å². The van der Waals surface area contributed by atoms with Crippen molar-refractivity contribution >= 4 is 17.7 Å². The number of aliphatic imine (C=N–C) groups is 1. The smallest absolute Gasteiger partial charge is 0.333 e. The monoisotopic (exact) mass is 245 g/mol. The van der Waals surface area contributed by atoms with E-state index in [-0.39, 0.29) is 5.97 Å². The summed E-state index contributed by atoms with van der Waals surface area (Å²) in [6.45, 7) is 5.43. The highest BCUT2D eigenvalue weighted by Crippen LogP contribution is 2.19. The lowest BCUT2D eigenvalue weighted by atomic mass is 10.1. The number of isocyanates is 1. The van der Waals surface area contributed by atoms with Gasteiger partial charge in [0.05, 0.1) is 12.3 Å². The van der Waals surface area contributed by atoms with Crippen LogP contribution in [0.4, 0.5) is 5.69 Å². The third kappa shape index (κ3) is 4.36. The molecule has 0 spiro atoms. The van der Waals surface area contributed by atoms with Crippen LogP contribution in [-0.2, 0) is 20.7 Å². The van der Waals surface area contributed by atoms with E-state index in [4.69, 9.17) is 4.74 Å². The molecule has 0 saturated heterocycles. The number of esters is 1. The molecule has 0 amide bonds. The Morgan fingerprint density at radius 3 is 2.83 bits per heavy atom. The number of para-hydroxylation sites is 1. The number of ether oxygens (including phenoxy) is 1. The van der Waals surface area contributed by atoms with Gasteiger partial charge in [0.2, 0.25) is 6.08 Å². The minimum Gasteiger partial charge on any atom is -0.462 e. The molecule has 0 atom stereocenters. The van der Waals surface area contributed by atoms with E-state index in [1.54, 1.807) is 19.1 Å². The van der Waals surface area contributed by atoms with E-state index in [1.807, 2.05) is 12.1 Å². The van der Waals surface area contributed by atoms with E-state index in [9.17, 15) is 9.59 Å². The van der Waals surface area contributed by atoms with Gasteiger partial charge in [0.25, 0.3) is 0 Å². The molecular formula is C14H15NO3. The van der Waals surface area contributed by atoms with E-state index < -0.39 is 0 Å². The van der Waals surface area contributed by atoms with Crippen LogP contribution in [0.25, 0.3) is 0 Å². The Labute approximate surface area is 106 Å². The van der Waals surface area contributed by atoms with Gasteiger partial charge in [-0.2, -0.15) is 4.99 Å². The standard InChI is InChI=1S/C14H15NO3/c1-11(2)14(17)18-9-5-7-12-6-3-4-8-13(12)15-10-16/h3-4,6,8H,1,5,7,9H2,2H3. The summed E-state index contributed by atoms with van der Waals surface area (Å²) in [7, 11) is 0. The molecule has 0 unspecified atom stereocenters. The summed E-state index contributed by atoms with van der Waals surface area (Å²) in [5.41, 5.74) is 1.94. The molecule has 0 fully saturated rings. The van der Waals surface area contributed by atoms with Crippen molar-refractivity contribution in [3.8, 4) is 0 Å². The van der Waals surface area contributed by atoms with Gasteiger partial charge in [-0.1, -0.05) is 24.8 Å². The Morgan fingerprint density at radius 1 is 1.44 bits per heavy atom. The zero-order chi connectivity index (χ0) is 13.4. The van der Waals surface area contributed by atoms with Gasteiger partial charge in [0.15, 0.2) is 0 Å². The Bertz CT molecular complexity index is 488. The lowest BCUT2D eigenvalue weighted by molar-refractivity contribution is -0.139. The zero-order valence-electron chi connectivity index (χ0n) is 10.3. The number of benzene rings is 1. The number of rotatable bonds is 6. The Balaban J connectivity index is 2.47. The lowest BCUT2D eigenvalue weighted by Crippen LogP contribution is -2.06. The summed E-state index contributed by atoms with van der Waals surface area (Å²) in [5.74, 6) is -0.380. The number of carbonyl (C=O) groups is 1. The maximum absolute atomic E-state index is 11.1. The van der Waals surface area contributed by atoms with E-state index >= 15 is 0 Å². The molecule has 0 aliphatic heterocycles. The van der Waals surface area contributed by atoms with Crippen LogP contribution in [-0.4, -0.2) is 18.7 Å². The van der Waals surface area contributed by atoms with Crippen LogP contribution >= 0.6 is 0 Å². The van der Waals surface area contributed by atoms with Crippen molar-refractivity contribution in [3.05, 3.63) is 42.0 Å². The maximum Gasteiger partial charge on any atom is 0.333 e.